The standard InChI is InChI=1S/C17H23N3O2S.ClH/c1-4-18-11-14-7-5-6-8-15(14)19-16(21)9-10-20-12(2)13(3)23-17(20)22;/h5-8,18H,4,9-11H2,1-3H3,(H,19,21);1H. The molecule has 0 fully saturated rings. The van der Waals surface area contributed by atoms with Gasteiger partial charge in [-0.05, 0) is 32.0 Å². The minimum atomic E-state index is -0.0795. The number of carbonyl (C=O) groups excluding carboxylic acids is 1. The van der Waals surface area contributed by atoms with Gasteiger partial charge in [-0.25, -0.2) is 0 Å². The number of halogens is 1. The molecular weight excluding hydrogens is 346 g/mol. The van der Waals surface area contributed by atoms with Crippen LogP contribution in [-0.2, 0) is 17.9 Å². The molecule has 132 valence electrons. The number of hydrogen-bond donors (Lipinski definition) is 2. The van der Waals surface area contributed by atoms with Gasteiger partial charge in [0, 0.05) is 35.8 Å². The number of rotatable bonds is 7. The fourth-order valence-electron chi connectivity index (χ4n) is 2.33. The van der Waals surface area contributed by atoms with Crippen LogP contribution in [0.25, 0.3) is 0 Å². The van der Waals surface area contributed by atoms with Crippen LogP contribution >= 0.6 is 23.7 Å². The number of para-hydroxylation sites is 1. The van der Waals surface area contributed by atoms with E-state index in [-0.39, 0.29) is 29.6 Å². The molecule has 0 aliphatic carbocycles. The molecule has 7 heteroatoms. The van der Waals surface area contributed by atoms with Crippen molar-refractivity contribution in [3.05, 3.63) is 50.1 Å². The maximum atomic E-state index is 12.2. The molecule has 24 heavy (non-hydrogen) atoms. The van der Waals surface area contributed by atoms with E-state index in [1.807, 2.05) is 45.0 Å². The molecule has 0 spiro atoms. The Balaban J connectivity index is 0.00000288. The molecule has 0 saturated heterocycles. The summed E-state index contributed by atoms with van der Waals surface area (Å²) in [7, 11) is 0. The summed E-state index contributed by atoms with van der Waals surface area (Å²) in [5.41, 5.74) is 2.83. The molecule has 0 radical (unpaired) electrons. The molecule has 0 bridgehead atoms. The summed E-state index contributed by atoms with van der Waals surface area (Å²) in [4.78, 5) is 25.0. The summed E-state index contributed by atoms with van der Waals surface area (Å²) >= 11 is 1.23. The van der Waals surface area contributed by atoms with Crippen molar-refractivity contribution in [2.24, 2.45) is 0 Å². The molecule has 0 unspecified atom stereocenters. The van der Waals surface area contributed by atoms with Crippen molar-refractivity contribution in [2.75, 3.05) is 11.9 Å². The lowest BCUT2D eigenvalue weighted by Gasteiger charge is -2.12. The highest BCUT2D eigenvalue weighted by molar-refractivity contribution is 7.09. The van der Waals surface area contributed by atoms with Gasteiger partial charge in [-0.3, -0.25) is 9.59 Å². The third-order valence-electron chi connectivity index (χ3n) is 3.79. The molecule has 1 aromatic heterocycles. The highest BCUT2D eigenvalue weighted by atomic mass is 35.5. The van der Waals surface area contributed by atoms with Crippen LogP contribution in [-0.4, -0.2) is 17.0 Å². The number of carbonyl (C=O) groups is 1. The molecule has 2 N–H and O–H groups in total. The smallest absolute Gasteiger partial charge is 0.307 e. The average molecular weight is 370 g/mol. The van der Waals surface area contributed by atoms with Gasteiger partial charge in [0.15, 0.2) is 0 Å². The molecule has 2 aromatic rings. The van der Waals surface area contributed by atoms with Gasteiger partial charge in [-0.2, -0.15) is 0 Å². The van der Waals surface area contributed by atoms with Gasteiger partial charge in [0.1, 0.15) is 0 Å². The van der Waals surface area contributed by atoms with Gasteiger partial charge in [-0.15, -0.1) is 12.4 Å². The van der Waals surface area contributed by atoms with Crippen LogP contribution < -0.4 is 15.5 Å². The van der Waals surface area contributed by atoms with Crippen molar-refractivity contribution >= 4 is 35.3 Å². The zero-order valence-corrected chi connectivity index (χ0v) is 15.9. The summed E-state index contributed by atoms with van der Waals surface area (Å²) in [5.74, 6) is -0.0795. The Bertz CT molecular complexity index is 740. The summed E-state index contributed by atoms with van der Waals surface area (Å²) in [6, 6.07) is 7.76. The van der Waals surface area contributed by atoms with E-state index in [1.165, 1.54) is 11.3 Å². The molecule has 2 rings (SSSR count). The van der Waals surface area contributed by atoms with E-state index in [4.69, 9.17) is 0 Å². The Labute approximate surface area is 152 Å². The van der Waals surface area contributed by atoms with Crippen LogP contribution in [0.3, 0.4) is 0 Å². The van der Waals surface area contributed by atoms with E-state index in [9.17, 15) is 9.59 Å². The lowest BCUT2D eigenvalue weighted by molar-refractivity contribution is -0.116. The fraction of sp³-hybridized carbons (Fsp3) is 0.412. The Morgan fingerprint density at radius 3 is 2.58 bits per heavy atom. The summed E-state index contributed by atoms with van der Waals surface area (Å²) in [5, 5.41) is 6.20. The summed E-state index contributed by atoms with van der Waals surface area (Å²) < 4.78 is 1.67. The first-order valence-electron chi connectivity index (χ1n) is 7.78. The minimum Gasteiger partial charge on any atom is -0.326 e. The highest BCUT2D eigenvalue weighted by Crippen LogP contribution is 2.15. The van der Waals surface area contributed by atoms with Gasteiger partial charge in [0.25, 0.3) is 0 Å². The number of amides is 1. The number of aryl methyl sites for hydroxylation is 1. The zero-order valence-electron chi connectivity index (χ0n) is 14.2. The van der Waals surface area contributed by atoms with E-state index in [0.29, 0.717) is 6.54 Å². The van der Waals surface area contributed by atoms with Gasteiger partial charge >= 0.3 is 4.87 Å². The van der Waals surface area contributed by atoms with Gasteiger partial charge in [0.2, 0.25) is 5.91 Å². The molecule has 0 saturated carbocycles. The first-order chi connectivity index (χ1) is 11.0. The quantitative estimate of drug-likeness (QED) is 0.788. The van der Waals surface area contributed by atoms with Gasteiger partial charge in [0.05, 0.1) is 0 Å². The summed E-state index contributed by atoms with van der Waals surface area (Å²) in [6.07, 6.45) is 0.284. The first kappa shape index (κ1) is 20.4. The van der Waals surface area contributed by atoms with Crippen molar-refractivity contribution in [1.82, 2.24) is 9.88 Å². The second kappa shape index (κ2) is 9.61. The Kier molecular flexibility index (Phi) is 8.18. The Morgan fingerprint density at radius 2 is 1.96 bits per heavy atom. The molecule has 1 heterocycles. The van der Waals surface area contributed by atoms with Crippen LogP contribution in [0.15, 0.2) is 29.1 Å². The van der Waals surface area contributed by atoms with Crippen molar-refractivity contribution < 1.29 is 4.79 Å². The molecule has 1 amide bonds. The van der Waals surface area contributed by atoms with Crippen molar-refractivity contribution in [3.8, 4) is 0 Å². The second-order valence-corrected chi connectivity index (χ2v) is 6.56. The largest absolute Gasteiger partial charge is 0.326 e. The first-order valence-corrected chi connectivity index (χ1v) is 8.60. The number of hydrogen-bond acceptors (Lipinski definition) is 4. The molecular formula is C17H24ClN3O2S. The number of aromatic nitrogens is 1. The minimum absolute atomic E-state index is 0. The Morgan fingerprint density at radius 1 is 1.25 bits per heavy atom. The molecule has 0 atom stereocenters. The number of thiazole rings is 1. The molecule has 0 aliphatic heterocycles. The van der Waals surface area contributed by atoms with E-state index >= 15 is 0 Å². The maximum absolute atomic E-state index is 12.2. The van der Waals surface area contributed by atoms with Crippen molar-refractivity contribution in [2.45, 2.75) is 40.3 Å². The van der Waals surface area contributed by atoms with Crippen molar-refractivity contribution in [1.29, 1.82) is 0 Å². The van der Waals surface area contributed by atoms with E-state index < -0.39 is 0 Å². The Hall–Kier alpha value is -1.63. The topological polar surface area (TPSA) is 63.1 Å². The highest BCUT2D eigenvalue weighted by Gasteiger charge is 2.10. The van der Waals surface area contributed by atoms with Crippen LogP contribution in [0.1, 0.15) is 29.5 Å². The van der Waals surface area contributed by atoms with Crippen molar-refractivity contribution in [3.63, 3.8) is 0 Å². The fourth-order valence-corrected chi connectivity index (χ4v) is 3.19. The number of anilines is 1. The maximum Gasteiger partial charge on any atom is 0.307 e. The number of nitrogens with zero attached hydrogens (tertiary/aromatic N) is 1. The van der Waals surface area contributed by atoms with E-state index in [2.05, 4.69) is 10.6 Å². The zero-order chi connectivity index (χ0) is 16.8. The normalized spacial score (nSPS) is 10.3. The lowest BCUT2D eigenvalue weighted by atomic mass is 10.1. The summed E-state index contributed by atoms with van der Waals surface area (Å²) in [6.45, 7) is 7.89. The second-order valence-electron chi connectivity index (χ2n) is 5.40. The third-order valence-corrected chi connectivity index (χ3v) is 4.79. The van der Waals surface area contributed by atoms with Crippen LogP contribution in [0.2, 0.25) is 0 Å². The van der Waals surface area contributed by atoms with Gasteiger partial charge < -0.3 is 15.2 Å². The monoisotopic (exact) mass is 369 g/mol. The van der Waals surface area contributed by atoms with Crippen LogP contribution in [0.4, 0.5) is 5.69 Å². The predicted octanol–water partition coefficient (Wildman–Crippen LogP) is 3.09. The molecule has 5 nitrogen and oxygen atoms in total. The molecule has 1 aromatic carbocycles. The average Bonchev–Trinajstić information content (AvgIpc) is 2.77. The SMILES string of the molecule is CCNCc1ccccc1NC(=O)CCn1c(C)c(C)sc1=O.Cl. The number of nitrogens with one attached hydrogen (secondary N) is 2. The lowest BCUT2D eigenvalue weighted by Crippen LogP contribution is -2.21. The number of benzene rings is 1. The van der Waals surface area contributed by atoms with Gasteiger partial charge in [-0.1, -0.05) is 36.5 Å². The molecule has 0 aliphatic rings. The van der Waals surface area contributed by atoms with Crippen LogP contribution in [0.5, 0.6) is 0 Å². The van der Waals surface area contributed by atoms with E-state index in [1.54, 1.807) is 4.57 Å². The predicted molar refractivity (Wildman–Crippen MR) is 102 cm³/mol. The van der Waals surface area contributed by atoms with Crippen LogP contribution in [0, 0.1) is 13.8 Å². The third kappa shape index (κ3) is 5.19. The van der Waals surface area contributed by atoms with E-state index in [0.717, 1.165) is 34.9 Å².